The lowest BCUT2D eigenvalue weighted by atomic mass is 9.77. The summed E-state index contributed by atoms with van der Waals surface area (Å²) in [5.41, 5.74) is -0.770. The van der Waals surface area contributed by atoms with E-state index in [-0.39, 0.29) is 12.1 Å². The second kappa shape index (κ2) is 6.63. The lowest BCUT2D eigenvalue weighted by molar-refractivity contribution is -0.148. The molecular weight excluding hydrogens is 268 g/mol. The first kappa shape index (κ1) is 16.7. The van der Waals surface area contributed by atoms with Crippen LogP contribution in [0.4, 0.5) is 0 Å². The number of nitrogens with zero attached hydrogens (tertiary/aromatic N) is 1. The number of hydrogen-bond donors (Lipinski definition) is 2. The number of hydrogen-bond acceptors (Lipinski definition) is 4. The predicted octanol–water partition coefficient (Wildman–Crippen LogP) is 1.86. The standard InChI is InChI=1S/C16H30N2O3/c1-11(2)17-16(15(19)20)8-5-6-13(10-16)18(4)14-7-9-21-12(14)3/h11-14,17H,5-10H2,1-4H3,(H,19,20). The summed E-state index contributed by atoms with van der Waals surface area (Å²) in [6.45, 7) is 6.97. The summed E-state index contributed by atoms with van der Waals surface area (Å²) in [6, 6.07) is 0.910. The molecule has 0 aromatic carbocycles. The fourth-order valence-electron chi connectivity index (χ4n) is 4.06. The van der Waals surface area contributed by atoms with E-state index in [4.69, 9.17) is 4.74 Å². The summed E-state index contributed by atoms with van der Waals surface area (Å²) in [4.78, 5) is 14.2. The van der Waals surface area contributed by atoms with Crippen molar-refractivity contribution >= 4 is 5.97 Å². The van der Waals surface area contributed by atoms with Gasteiger partial charge in [0.2, 0.25) is 0 Å². The normalized spacial score (nSPS) is 37.3. The van der Waals surface area contributed by atoms with Crippen LogP contribution >= 0.6 is 0 Å². The molecule has 1 aliphatic heterocycles. The molecule has 0 aromatic heterocycles. The van der Waals surface area contributed by atoms with Gasteiger partial charge in [-0.1, -0.05) is 0 Å². The van der Waals surface area contributed by atoms with Crippen molar-refractivity contribution in [2.75, 3.05) is 13.7 Å². The molecule has 0 amide bonds. The van der Waals surface area contributed by atoms with Gasteiger partial charge in [0.1, 0.15) is 5.54 Å². The predicted molar refractivity (Wildman–Crippen MR) is 82.5 cm³/mol. The first-order valence-corrected chi connectivity index (χ1v) is 8.20. The van der Waals surface area contributed by atoms with Crippen molar-refractivity contribution in [3.8, 4) is 0 Å². The summed E-state index contributed by atoms with van der Waals surface area (Å²) in [7, 11) is 2.13. The zero-order valence-electron chi connectivity index (χ0n) is 13.8. The Bertz CT molecular complexity index is 375. The second-order valence-corrected chi connectivity index (χ2v) is 7.03. The molecular formula is C16H30N2O3. The van der Waals surface area contributed by atoms with Gasteiger partial charge in [-0.25, -0.2) is 0 Å². The zero-order valence-corrected chi connectivity index (χ0v) is 13.8. The lowest BCUT2D eigenvalue weighted by Crippen LogP contribution is -2.60. The van der Waals surface area contributed by atoms with Gasteiger partial charge in [0.25, 0.3) is 0 Å². The van der Waals surface area contributed by atoms with Crippen LogP contribution in [0.1, 0.15) is 52.9 Å². The average Bonchev–Trinajstić information content (AvgIpc) is 2.83. The topological polar surface area (TPSA) is 61.8 Å². The van der Waals surface area contributed by atoms with Crippen molar-refractivity contribution in [2.24, 2.45) is 0 Å². The van der Waals surface area contributed by atoms with Gasteiger partial charge in [-0.2, -0.15) is 0 Å². The Labute approximate surface area is 128 Å². The van der Waals surface area contributed by atoms with Crippen molar-refractivity contribution in [3.63, 3.8) is 0 Å². The fraction of sp³-hybridized carbons (Fsp3) is 0.938. The molecule has 1 saturated heterocycles. The van der Waals surface area contributed by atoms with Gasteiger partial charge in [-0.05, 0) is 59.9 Å². The maximum atomic E-state index is 11.9. The summed E-state index contributed by atoms with van der Waals surface area (Å²) >= 11 is 0. The Hall–Kier alpha value is -0.650. The van der Waals surface area contributed by atoms with Crippen molar-refractivity contribution in [1.29, 1.82) is 0 Å². The monoisotopic (exact) mass is 298 g/mol. The van der Waals surface area contributed by atoms with E-state index in [1.807, 2.05) is 13.8 Å². The number of carboxylic acid groups (broad SMARTS) is 1. The minimum atomic E-state index is -0.770. The quantitative estimate of drug-likeness (QED) is 0.811. The summed E-state index contributed by atoms with van der Waals surface area (Å²) in [6.07, 6.45) is 4.74. The van der Waals surface area contributed by atoms with E-state index < -0.39 is 11.5 Å². The van der Waals surface area contributed by atoms with E-state index >= 15 is 0 Å². The lowest BCUT2D eigenvalue weighted by Gasteiger charge is -2.44. The van der Waals surface area contributed by atoms with Crippen molar-refractivity contribution < 1.29 is 14.6 Å². The number of carbonyl (C=O) groups is 1. The van der Waals surface area contributed by atoms with Gasteiger partial charge < -0.3 is 9.84 Å². The average molecular weight is 298 g/mol. The summed E-state index contributed by atoms with van der Waals surface area (Å²) < 4.78 is 5.67. The summed E-state index contributed by atoms with van der Waals surface area (Å²) in [5, 5.41) is 13.1. The number of nitrogens with one attached hydrogen (secondary N) is 1. The van der Waals surface area contributed by atoms with Crippen LogP contribution < -0.4 is 5.32 Å². The first-order chi connectivity index (χ1) is 9.85. The van der Waals surface area contributed by atoms with Crippen LogP contribution in [0.3, 0.4) is 0 Å². The molecule has 4 atom stereocenters. The van der Waals surface area contributed by atoms with Gasteiger partial charge in [-0.15, -0.1) is 0 Å². The second-order valence-electron chi connectivity index (χ2n) is 7.03. The molecule has 1 saturated carbocycles. The maximum Gasteiger partial charge on any atom is 0.323 e. The van der Waals surface area contributed by atoms with Crippen LogP contribution in [-0.4, -0.2) is 59.4 Å². The Morgan fingerprint density at radius 1 is 1.43 bits per heavy atom. The van der Waals surface area contributed by atoms with E-state index in [2.05, 4.69) is 24.2 Å². The SMILES string of the molecule is CC(C)NC1(C(=O)O)CCCC(N(C)C2CCOC2C)C1. The molecule has 0 spiro atoms. The molecule has 0 radical (unpaired) electrons. The Balaban J connectivity index is 2.09. The Morgan fingerprint density at radius 3 is 2.67 bits per heavy atom. The fourth-order valence-corrected chi connectivity index (χ4v) is 4.06. The van der Waals surface area contributed by atoms with Crippen LogP contribution in [0.25, 0.3) is 0 Å². The minimum Gasteiger partial charge on any atom is -0.480 e. The van der Waals surface area contributed by atoms with Crippen molar-refractivity contribution in [2.45, 2.75) is 82.6 Å². The third kappa shape index (κ3) is 3.58. The third-order valence-electron chi connectivity index (χ3n) is 5.13. The molecule has 1 aliphatic carbocycles. The van der Waals surface area contributed by atoms with Gasteiger partial charge in [0.15, 0.2) is 0 Å². The highest BCUT2D eigenvalue weighted by Crippen LogP contribution is 2.34. The van der Waals surface area contributed by atoms with Gasteiger partial charge >= 0.3 is 5.97 Å². The molecule has 1 heterocycles. The Morgan fingerprint density at radius 2 is 2.14 bits per heavy atom. The van der Waals surface area contributed by atoms with Gasteiger partial charge in [-0.3, -0.25) is 15.0 Å². The van der Waals surface area contributed by atoms with E-state index in [0.29, 0.717) is 18.5 Å². The molecule has 5 nitrogen and oxygen atoms in total. The molecule has 2 aliphatic rings. The summed E-state index contributed by atoms with van der Waals surface area (Å²) in [5.74, 6) is -0.704. The van der Waals surface area contributed by atoms with Crippen LogP contribution in [0.5, 0.6) is 0 Å². The Kier molecular flexibility index (Phi) is 5.28. The van der Waals surface area contributed by atoms with E-state index in [0.717, 1.165) is 32.3 Å². The van der Waals surface area contributed by atoms with Crippen LogP contribution in [0, 0.1) is 0 Å². The maximum absolute atomic E-state index is 11.9. The zero-order chi connectivity index (χ0) is 15.6. The first-order valence-electron chi connectivity index (χ1n) is 8.20. The van der Waals surface area contributed by atoms with Crippen LogP contribution in [0.2, 0.25) is 0 Å². The number of aliphatic carboxylic acids is 1. The molecule has 2 rings (SSSR count). The molecule has 4 unspecified atom stereocenters. The molecule has 0 bridgehead atoms. The highest BCUT2D eigenvalue weighted by atomic mass is 16.5. The largest absolute Gasteiger partial charge is 0.480 e. The van der Waals surface area contributed by atoms with E-state index in [9.17, 15) is 9.90 Å². The molecule has 2 fully saturated rings. The number of likely N-dealkylation sites (N-methyl/N-ethyl adjacent to an activating group) is 1. The highest BCUT2D eigenvalue weighted by molar-refractivity contribution is 5.79. The van der Waals surface area contributed by atoms with Crippen molar-refractivity contribution in [3.05, 3.63) is 0 Å². The van der Waals surface area contributed by atoms with Crippen LogP contribution in [-0.2, 0) is 9.53 Å². The minimum absolute atomic E-state index is 0.180. The third-order valence-corrected chi connectivity index (χ3v) is 5.13. The number of ether oxygens (including phenoxy) is 1. The molecule has 5 heteroatoms. The van der Waals surface area contributed by atoms with Crippen molar-refractivity contribution in [1.82, 2.24) is 10.2 Å². The molecule has 122 valence electrons. The molecule has 21 heavy (non-hydrogen) atoms. The smallest absolute Gasteiger partial charge is 0.323 e. The van der Waals surface area contributed by atoms with E-state index in [1.165, 1.54) is 0 Å². The molecule has 2 N–H and O–H groups in total. The highest BCUT2D eigenvalue weighted by Gasteiger charge is 2.45. The van der Waals surface area contributed by atoms with Gasteiger partial charge in [0, 0.05) is 24.7 Å². The van der Waals surface area contributed by atoms with Crippen LogP contribution in [0.15, 0.2) is 0 Å². The molecule has 0 aromatic rings. The number of carboxylic acids is 1. The van der Waals surface area contributed by atoms with Gasteiger partial charge in [0.05, 0.1) is 6.10 Å². The number of rotatable bonds is 5. The van der Waals surface area contributed by atoms with E-state index in [1.54, 1.807) is 0 Å².